The van der Waals surface area contributed by atoms with E-state index in [0.717, 1.165) is 36.8 Å². The number of fused-ring (bicyclic) bond motifs is 2. The maximum Gasteiger partial charge on any atom is 0.266 e. The van der Waals surface area contributed by atoms with Crippen LogP contribution < -0.4 is 10.2 Å². The van der Waals surface area contributed by atoms with Crippen molar-refractivity contribution in [1.29, 1.82) is 0 Å². The lowest BCUT2D eigenvalue weighted by Gasteiger charge is -2.45. The van der Waals surface area contributed by atoms with Crippen LogP contribution in [0.2, 0.25) is 5.02 Å². The highest BCUT2D eigenvalue weighted by Gasteiger charge is 2.56. The third kappa shape index (κ3) is 6.74. The predicted octanol–water partition coefficient (Wildman–Crippen LogP) is 4.89. The zero-order valence-electron chi connectivity index (χ0n) is 21.0. The minimum atomic E-state index is -0.970. The Morgan fingerprint density at radius 2 is 1.90 bits per heavy atom. The first-order valence-electron chi connectivity index (χ1n) is 12.1. The second-order valence-electron chi connectivity index (χ2n) is 9.28. The number of likely N-dealkylation sites (N-methyl/N-ethyl adjacent to an activating group) is 1. The molecule has 12 heteroatoms. The molecule has 1 amide bonds. The topological polar surface area (TPSA) is 95.0 Å². The molecule has 2 saturated heterocycles. The van der Waals surface area contributed by atoms with Gasteiger partial charge in [0.1, 0.15) is 17.6 Å². The van der Waals surface area contributed by atoms with Gasteiger partial charge in [0, 0.05) is 47.9 Å². The number of hydroxylamine groups is 1. The predicted molar refractivity (Wildman–Crippen MR) is 143 cm³/mol. The van der Waals surface area contributed by atoms with Gasteiger partial charge in [-0.1, -0.05) is 11.6 Å². The van der Waals surface area contributed by atoms with Crippen LogP contribution in [0.3, 0.4) is 0 Å². The van der Waals surface area contributed by atoms with Gasteiger partial charge in [-0.2, -0.15) is 0 Å². The third-order valence-electron chi connectivity index (χ3n) is 6.50. The Balaban J connectivity index is 0.000000333. The van der Waals surface area contributed by atoms with E-state index < -0.39 is 28.8 Å². The highest BCUT2D eigenvalue weighted by molar-refractivity contribution is 7.97. The van der Waals surface area contributed by atoms with Crippen LogP contribution >= 0.6 is 23.5 Å². The fourth-order valence-electron chi connectivity index (χ4n) is 4.75. The number of carbonyl (C=O) groups excluding carboxylic acids is 2. The second kappa shape index (κ2) is 12.8. The summed E-state index contributed by atoms with van der Waals surface area (Å²) in [5.74, 6) is -2.48. The molecular formula is C27H27ClF2N4O4S. The average molecular weight is 577 g/mol. The number of amides is 1. The number of hydrogen-bond acceptors (Lipinski definition) is 8. The lowest BCUT2D eigenvalue weighted by molar-refractivity contribution is -0.141. The Morgan fingerprint density at radius 1 is 1.23 bits per heavy atom. The number of hydrogen-bond donors (Lipinski definition) is 2. The number of nitrogens with zero attached hydrogens (tertiary/aromatic N) is 3. The van der Waals surface area contributed by atoms with Crippen molar-refractivity contribution >= 4 is 35.7 Å². The smallest absolute Gasteiger partial charge is 0.266 e. The summed E-state index contributed by atoms with van der Waals surface area (Å²) in [6.07, 6.45) is 6.02. The van der Waals surface area contributed by atoms with E-state index in [1.807, 2.05) is 28.4 Å². The zero-order chi connectivity index (χ0) is 28.0. The van der Waals surface area contributed by atoms with Gasteiger partial charge in [-0.05, 0) is 85.9 Å². The van der Waals surface area contributed by atoms with E-state index in [2.05, 4.69) is 4.98 Å². The lowest BCUT2D eigenvalue weighted by atomic mass is 9.96. The Labute approximate surface area is 234 Å². The second-order valence-corrected chi connectivity index (χ2v) is 10.8. The Kier molecular flexibility index (Phi) is 9.52. The highest BCUT2D eigenvalue weighted by Crippen LogP contribution is 2.46. The van der Waals surface area contributed by atoms with Gasteiger partial charge in [-0.15, -0.1) is 0 Å². The fraction of sp³-hybridized carbons (Fsp3) is 0.296. The number of carbonyl (C=O) groups is 2. The Morgan fingerprint density at radius 3 is 2.51 bits per heavy atom. The SMILES string of the molecule is CN1CC2CCC(C(=O)NO)(C1)N2Sc1cc(F)c(Oc2ccc(Cl)cc2)c(F)c1.O=CCc1ccncc1. The number of benzene rings is 2. The molecule has 3 heterocycles. The molecule has 2 atom stereocenters. The average Bonchev–Trinajstić information content (AvgIpc) is 3.13. The van der Waals surface area contributed by atoms with Crippen molar-refractivity contribution in [3.8, 4) is 11.5 Å². The highest BCUT2D eigenvalue weighted by atomic mass is 35.5. The minimum Gasteiger partial charge on any atom is -0.451 e. The van der Waals surface area contributed by atoms with Gasteiger partial charge in [-0.3, -0.25) is 15.0 Å². The molecule has 2 aliphatic heterocycles. The standard InChI is InChI=1S/C20H20ClF2N3O3S.C7H7NO/c1-25-10-13-6-7-20(11-25,19(27)24-28)26(13)30-15-8-16(22)18(17(23)9-15)29-14-4-2-12(21)3-5-14;9-6-3-7-1-4-8-5-2-7/h2-5,8-9,13,28H,6-7,10-11H2,1H3,(H,24,27);1-2,4-6H,3H2. The van der Waals surface area contributed by atoms with Crippen LogP contribution in [0.1, 0.15) is 18.4 Å². The monoisotopic (exact) mass is 576 g/mol. The van der Waals surface area contributed by atoms with Gasteiger partial charge in [0.15, 0.2) is 17.4 Å². The zero-order valence-corrected chi connectivity index (χ0v) is 22.6. The molecule has 206 valence electrons. The minimum absolute atomic E-state index is 0.0159. The summed E-state index contributed by atoms with van der Waals surface area (Å²) >= 11 is 6.93. The number of piperazine rings is 1. The molecule has 2 N–H and O–H groups in total. The van der Waals surface area contributed by atoms with E-state index in [-0.39, 0.29) is 11.8 Å². The van der Waals surface area contributed by atoms with Gasteiger partial charge < -0.3 is 14.4 Å². The van der Waals surface area contributed by atoms with Crippen LogP contribution in [0.4, 0.5) is 8.78 Å². The lowest BCUT2D eigenvalue weighted by Crippen LogP contribution is -2.64. The summed E-state index contributed by atoms with van der Waals surface area (Å²) in [5.41, 5.74) is 1.80. The first-order valence-corrected chi connectivity index (χ1v) is 13.3. The number of rotatable bonds is 7. The maximum atomic E-state index is 14.7. The molecular weight excluding hydrogens is 550 g/mol. The van der Waals surface area contributed by atoms with Crippen molar-refractivity contribution in [2.75, 3.05) is 20.1 Å². The van der Waals surface area contributed by atoms with Gasteiger partial charge in [-0.25, -0.2) is 18.6 Å². The van der Waals surface area contributed by atoms with E-state index in [1.165, 1.54) is 24.3 Å². The molecule has 2 aliphatic rings. The molecule has 2 aromatic carbocycles. The van der Waals surface area contributed by atoms with Gasteiger partial charge in [0.2, 0.25) is 0 Å². The fourth-order valence-corrected chi connectivity index (χ4v) is 6.15. The van der Waals surface area contributed by atoms with Crippen LogP contribution in [0, 0.1) is 11.6 Å². The maximum absolute atomic E-state index is 14.7. The number of nitrogens with one attached hydrogen (secondary N) is 1. The van der Waals surface area contributed by atoms with Crippen molar-refractivity contribution in [2.45, 2.75) is 35.7 Å². The number of pyridine rings is 1. The number of aromatic nitrogens is 1. The molecule has 5 rings (SSSR count). The summed E-state index contributed by atoms with van der Waals surface area (Å²) < 4.78 is 36.5. The van der Waals surface area contributed by atoms with Crippen LogP contribution in [0.25, 0.3) is 0 Å². The first kappa shape index (κ1) is 28.9. The van der Waals surface area contributed by atoms with Crippen molar-refractivity contribution in [2.24, 2.45) is 0 Å². The van der Waals surface area contributed by atoms with E-state index in [9.17, 15) is 23.6 Å². The van der Waals surface area contributed by atoms with E-state index >= 15 is 0 Å². The van der Waals surface area contributed by atoms with Gasteiger partial charge in [0.25, 0.3) is 5.91 Å². The van der Waals surface area contributed by atoms with E-state index in [0.29, 0.717) is 29.3 Å². The molecule has 0 aliphatic carbocycles. The molecule has 2 fully saturated rings. The van der Waals surface area contributed by atoms with Crippen molar-refractivity contribution in [1.82, 2.24) is 19.7 Å². The molecule has 0 radical (unpaired) electrons. The Bertz CT molecular complexity index is 1280. The van der Waals surface area contributed by atoms with E-state index in [1.54, 1.807) is 30.0 Å². The van der Waals surface area contributed by atoms with Crippen LogP contribution in [0.5, 0.6) is 11.5 Å². The van der Waals surface area contributed by atoms with Crippen molar-refractivity contribution in [3.05, 3.63) is 83.1 Å². The molecule has 0 saturated carbocycles. The van der Waals surface area contributed by atoms with Crippen LogP contribution in [0.15, 0.2) is 65.8 Å². The molecule has 8 nitrogen and oxygen atoms in total. The summed E-state index contributed by atoms with van der Waals surface area (Å²) in [6.45, 7) is 1.13. The van der Waals surface area contributed by atoms with Crippen molar-refractivity contribution < 1.29 is 28.3 Å². The number of likely N-dealkylation sites (tertiary alicyclic amines) is 1. The van der Waals surface area contributed by atoms with Crippen molar-refractivity contribution in [3.63, 3.8) is 0 Å². The van der Waals surface area contributed by atoms with Crippen LogP contribution in [-0.4, -0.2) is 63.3 Å². The summed E-state index contributed by atoms with van der Waals surface area (Å²) in [7, 11) is 1.90. The largest absolute Gasteiger partial charge is 0.451 e. The third-order valence-corrected chi connectivity index (χ3v) is 8.04. The molecule has 1 aromatic heterocycles. The summed E-state index contributed by atoms with van der Waals surface area (Å²) in [6, 6.07) is 12.2. The Hall–Kier alpha value is -3.09. The molecule has 2 bridgehead atoms. The summed E-state index contributed by atoms with van der Waals surface area (Å²) in [5, 5.41) is 9.74. The first-order chi connectivity index (χ1) is 18.8. The van der Waals surface area contributed by atoms with Crippen LogP contribution in [-0.2, 0) is 16.0 Å². The number of ether oxygens (including phenoxy) is 1. The van der Waals surface area contributed by atoms with E-state index in [4.69, 9.17) is 16.3 Å². The number of halogens is 3. The quantitative estimate of drug-likeness (QED) is 0.178. The van der Waals surface area contributed by atoms with Gasteiger partial charge in [0.05, 0.1) is 0 Å². The molecule has 3 aromatic rings. The molecule has 0 spiro atoms. The number of aldehydes is 1. The normalized spacial score (nSPS) is 20.6. The summed E-state index contributed by atoms with van der Waals surface area (Å²) in [4.78, 5) is 28.6. The molecule has 2 unspecified atom stereocenters. The molecule has 39 heavy (non-hydrogen) atoms. The van der Waals surface area contributed by atoms with Gasteiger partial charge >= 0.3 is 0 Å².